The van der Waals surface area contributed by atoms with Crippen LogP contribution < -0.4 is 10.3 Å². The van der Waals surface area contributed by atoms with Crippen LogP contribution in [0.3, 0.4) is 0 Å². The summed E-state index contributed by atoms with van der Waals surface area (Å²) in [5, 5.41) is 9.01. The molecule has 132 valence electrons. The van der Waals surface area contributed by atoms with E-state index in [1.807, 2.05) is 4.83 Å². The lowest BCUT2D eigenvalue weighted by Gasteiger charge is -2.10. The summed E-state index contributed by atoms with van der Waals surface area (Å²) in [6.07, 6.45) is 2.96. The second-order valence-corrected chi connectivity index (χ2v) is 8.55. The van der Waals surface area contributed by atoms with Gasteiger partial charge in [0.25, 0.3) is 15.9 Å². The molecule has 9 heteroatoms. The fraction of sp³-hybridized carbons (Fsp3) is 0.250. The van der Waals surface area contributed by atoms with E-state index in [1.54, 1.807) is 13.0 Å². The molecule has 25 heavy (non-hydrogen) atoms. The van der Waals surface area contributed by atoms with E-state index in [1.165, 1.54) is 23.5 Å². The zero-order valence-electron chi connectivity index (χ0n) is 13.3. The smallest absolute Gasteiger partial charge is 0.335 e. The molecule has 1 amide bonds. The highest BCUT2D eigenvalue weighted by Crippen LogP contribution is 2.30. The van der Waals surface area contributed by atoms with E-state index in [0.29, 0.717) is 10.4 Å². The van der Waals surface area contributed by atoms with Crippen molar-refractivity contribution >= 4 is 33.2 Å². The Labute approximate surface area is 148 Å². The molecule has 0 fully saturated rings. The van der Waals surface area contributed by atoms with E-state index in [2.05, 4.69) is 5.43 Å². The molecule has 1 aromatic carbocycles. The number of carboxylic acids is 1. The number of benzene rings is 1. The number of hydrazine groups is 1. The summed E-state index contributed by atoms with van der Waals surface area (Å²) in [6, 6.07) is 5.57. The van der Waals surface area contributed by atoms with Gasteiger partial charge >= 0.3 is 5.97 Å². The average molecular weight is 380 g/mol. The lowest BCUT2D eigenvalue weighted by molar-refractivity contribution is 0.0696. The van der Waals surface area contributed by atoms with Crippen LogP contribution in [0.4, 0.5) is 0 Å². The molecule has 3 N–H and O–H groups in total. The fourth-order valence-electron chi connectivity index (χ4n) is 2.69. The number of amides is 1. The Morgan fingerprint density at radius 3 is 2.64 bits per heavy atom. The van der Waals surface area contributed by atoms with Crippen molar-refractivity contribution in [2.45, 2.75) is 31.1 Å². The predicted molar refractivity (Wildman–Crippen MR) is 92.3 cm³/mol. The van der Waals surface area contributed by atoms with E-state index in [0.717, 1.165) is 35.8 Å². The molecule has 0 saturated heterocycles. The van der Waals surface area contributed by atoms with Crippen molar-refractivity contribution in [3.63, 3.8) is 0 Å². The molecule has 7 nitrogen and oxygen atoms in total. The largest absolute Gasteiger partial charge is 0.478 e. The van der Waals surface area contributed by atoms with Crippen LogP contribution in [0.25, 0.3) is 0 Å². The van der Waals surface area contributed by atoms with Crippen LogP contribution in [0.15, 0.2) is 29.2 Å². The molecular weight excluding hydrogens is 364 g/mol. The summed E-state index contributed by atoms with van der Waals surface area (Å²) in [4.78, 5) is 26.6. The number of hydrogen-bond acceptors (Lipinski definition) is 5. The number of carbonyl (C=O) groups is 2. The zero-order valence-corrected chi connectivity index (χ0v) is 15.0. The molecule has 3 rings (SSSR count). The minimum Gasteiger partial charge on any atom is -0.478 e. The summed E-state index contributed by atoms with van der Waals surface area (Å²) in [6.45, 7) is 1.55. The van der Waals surface area contributed by atoms with E-state index in [4.69, 9.17) is 5.11 Å². The molecule has 0 saturated carbocycles. The fourth-order valence-corrected chi connectivity index (χ4v) is 4.95. The summed E-state index contributed by atoms with van der Waals surface area (Å²) in [5.41, 5.74) is 3.56. The number of thiophene rings is 1. The Balaban J connectivity index is 1.76. The van der Waals surface area contributed by atoms with Gasteiger partial charge in [0.1, 0.15) is 0 Å². The van der Waals surface area contributed by atoms with Crippen LogP contribution in [-0.2, 0) is 22.9 Å². The second-order valence-electron chi connectivity index (χ2n) is 5.76. The number of fused-ring (bicyclic) bond motifs is 1. The van der Waals surface area contributed by atoms with Gasteiger partial charge in [0.15, 0.2) is 0 Å². The lowest BCUT2D eigenvalue weighted by Crippen LogP contribution is -2.41. The topological polar surface area (TPSA) is 113 Å². The van der Waals surface area contributed by atoms with Crippen molar-refractivity contribution in [2.24, 2.45) is 0 Å². The Bertz CT molecular complexity index is 941. The first kappa shape index (κ1) is 17.6. The molecule has 0 bridgehead atoms. The average Bonchev–Trinajstić information content (AvgIpc) is 3.14. The van der Waals surface area contributed by atoms with Crippen LogP contribution in [-0.4, -0.2) is 25.4 Å². The maximum atomic E-state index is 12.4. The molecule has 1 heterocycles. The van der Waals surface area contributed by atoms with Gasteiger partial charge in [0, 0.05) is 4.88 Å². The first-order valence-corrected chi connectivity index (χ1v) is 9.85. The van der Waals surface area contributed by atoms with Gasteiger partial charge in [-0.25, -0.2) is 13.2 Å². The number of nitrogens with one attached hydrogen (secondary N) is 2. The van der Waals surface area contributed by atoms with Crippen LogP contribution in [0, 0.1) is 6.92 Å². The Kier molecular flexibility index (Phi) is 4.63. The quantitative estimate of drug-likeness (QED) is 0.686. The first-order valence-electron chi connectivity index (χ1n) is 7.55. The minimum atomic E-state index is -4.09. The van der Waals surface area contributed by atoms with Gasteiger partial charge in [0.05, 0.1) is 15.3 Å². The molecule has 1 aromatic heterocycles. The van der Waals surface area contributed by atoms with Gasteiger partial charge in [-0.05, 0) is 55.5 Å². The number of carboxylic acid groups (broad SMARTS) is 1. The first-order chi connectivity index (χ1) is 11.8. The monoisotopic (exact) mass is 380 g/mol. The number of hydrogen-bond donors (Lipinski definition) is 3. The summed E-state index contributed by atoms with van der Waals surface area (Å²) in [7, 11) is -4.09. The standard InChI is InChI=1S/C16H16N2O5S2/c1-9-5-6-11(16(20)21)8-14(9)25(22,23)18-17-15(19)13-7-10-3-2-4-12(10)24-13/h5-8,18H,2-4H2,1H3,(H,17,19)(H,20,21). The third kappa shape index (κ3) is 3.58. The maximum Gasteiger partial charge on any atom is 0.335 e. The van der Waals surface area contributed by atoms with Crippen LogP contribution in [0.5, 0.6) is 0 Å². The van der Waals surface area contributed by atoms with Crippen molar-refractivity contribution in [3.05, 3.63) is 50.7 Å². The van der Waals surface area contributed by atoms with Crippen LogP contribution >= 0.6 is 11.3 Å². The van der Waals surface area contributed by atoms with E-state index in [9.17, 15) is 18.0 Å². The normalized spacial score (nSPS) is 13.5. The Hall–Kier alpha value is -2.23. The molecule has 0 atom stereocenters. The highest BCUT2D eigenvalue weighted by molar-refractivity contribution is 7.89. The van der Waals surface area contributed by atoms with Gasteiger partial charge in [-0.3, -0.25) is 10.2 Å². The van der Waals surface area contributed by atoms with Gasteiger partial charge in [-0.1, -0.05) is 6.07 Å². The van der Waals surface area contributed by atoms with Gasteiger partial charge < -0.3 is 5.11 Å². The zero-order chi connectivity index (χ0) is 18.2. The lowest BCUT2D eigenvalue weighted by atomic mass is 10.1. The predicted octanol–water partition coefficient (Wildman–Crippen LogP) is 1.87. The van der Waals surface area contributed by atoms with Crippen molar-refractivity contribution in [2.75, 3.05) is 0 Å². The number of sulfonamides is 1. The summed E-state index contributed by atoms with van der Waals surface area (Å²) < 4.78 is 24.8. The van der Waals surface area contributed by atoms with Crippen LogP contribution in [0.2, 0.25) is 0 Å². The van der Waals surface area contributed by atoms with Gasteiger partial charge in [0.2, 0.25) is 0 Å². The SMILES string of the molecule is Cc1ccc(C(=O)O)cc1S(=O)(=O)NNC(=O)c1cc2c(s1)CCC2. The highest BCUT2D eigenvalue weighted by Gasteiger charge is 2.22. The Morgan fingerprint density at radius 1 is 1.20 bits per heavy atom. The molecular formula is C16H16N2O5S2. The van der Waals surface area contributed by atoms with Crippen molar-refractivity contribution in [1.82, 2.24) is 10.3 Å². The third-order valence-electron chi connectivity index (χ3n) is 3.99. The van der Waals surface area contributed by atoms with Crippen LogP contribution in [0.1, 0.15) is 42.5 Å². The van der Waals surface area contributed by atoms with E-state index in [-0.39, 0.29) is 10.5 Å². The number of rotatable bonds is 5. The number of aromatic carboxylic acids is 1. The second kappa shape index (κ2) is 6.58. The molecule has 0 aliphatic heterocycles. The molecule has 0 spiro atoms. The van der Waals surface area contributed by atoms with E-state index < -0.39 is 21.9 Å². The van der Waals surface area contributed by atoms with Gasteiger partial charge in [-0.2, -0.15) is 0 Å². The van der Waals surface area contributed by atoms with Gasteiger partial charge in [-0.15, -0.1) is 16.2 Å². The van der Waals surface area contributed by atoms with E-state index >= 15 is 0 Å². The molecule has 0 radical (unpaired) electrons. The Morgan fingerprint density at radius 2 is 1.96 bits per heavy atom. The summed E-state index contributed by atoms with van der Waals surface area (Å²) >= 11 is 1.36. The maximum absolute atomic E-state index is 12.4. The molecule has 2 aromatic rings. The van der Waals surface area contributed by atoms with Crippen molar-refractivity contribution < 1.29 is 23.1 Å². The molecule has 1 aliphatic rings. The highest BCUT2D eigenvalue weighted by atomic mass is 32.2. The molecule has 1 aliphatic carbocycles. The third-order valence-corrected chi connectivity index (χ3v) is 6.62. The summed E-state index contributed by atoms with van der Waals surface area (Å²) in [5.74, 6) is -1.76. The van der Waals surface area contributed by atoms with Crippen molar-refractivity contribution in [1.29, 1.82) is 0 Å². The molecule has 0 unspecified atom stereocenters. The van der Waals surface area contributed by atoms with Crippen molar-refractivity contribution in [3.8, 4) is 0 Å². The minimum absolute atomic E-state index is 0.146. The number of carbonyl (C=O) groups excluding carboxylic acids is 1. The number of aryl methyl sites for hydroxylation is 3.